The molecule has 1 aromatic heterocycles. The summed E-state index contributed by atoms with van der Waals surface area (Å²) in [6.45, 7) is 2.68. The molecule has 0 aliphatic carbocycles. The lowest BCUT2D eigenvalue weighted by atomic mass is 9.97. The highest BCUT2D eigenvalue weighted by atomic mass is 79.9. The Bertz CT molecular complexity index is 374. The van der Waals surface area contributed by atoms with Gasteiger partial charge in [-0.05, 0) is 60.4 Å². The van der Waals surface area contributed by atoms with Crippen molar-refractivity contribution < 1.29 is 4.79 Å². The second-order valence-electron chi connectivity index (χ2n) is 4.27. The SMILES string of the molecule is O=C(NCCc1ccc(Br)s1)C1CCNCC1. The molecule has 0 radical (unpaired) electrons. The molecule has 1 aliphatic heterocycles. The van der Waals surface area contributed by atoms with Gasteiger partial charge in [0.15, 0.2) is 0 Å². The summed E-state index contributed by atoms with van der Waals surface area (Å²) in [5.74, 6) is 0.438. The highest BCUT2D eigenvalue weighted by Crippen LogP contribution is 2.22. The number of halogens is 1. The normalized spacial score (nSPS) is 17.0. The van der Waals surface area contributed by atoms with Crippen LogP contribution in [0, 0.1) is 5.92 Å². The van der Waals surface area contributed by atoms with Crippen LogP contribution in [0.25, 0.3) is 0 Å². The molecule has 0 unspecified atom stereocenters. The smallest absolute Gasteiger partial charge is 0.223 e. The minimum Gasteiger partial charge on any atom is -0.355 e. The second-order valence-corrected chi connectivity index (χ2v) is 6.82. The topological polar surface area (TPSA) is 41.1 Å². The summed E-state index contributed by atoms with van der Waals surface area (Å²) >= 11 is 5.17. The van der Waals surface area contributed by atoms with Crippen molar-refractivity contribution in [2.45, 2.75) is 19.3 Å². The molecule has 1 fully saturated rings. The van der Waals surface area contributed by atoms with Crippen molar-refractivity contribution in [1.29, 1.82) is 0 Å². The molecule has 2 N–H and O–H groups in total. The molecule has 1 saturated heterocycles. The van der Waals surface area contributed by atoms with E-state index < -0.39 is 0 Å². The third-order valence-corrected chi connectivity index (χ3v) is 4.69. The van der Waals surface area contributed by atoms with E-state index in [1.165, 1.54) is 4.88 Å². The van der Waals surface area contributed by atoms with Gasteiger partial charge >= 0.3 is 0 Å². The van der Waals surface area contributed by atoms with Crippen LogP contribution in [0.5, 0.6) is 0 Å². The Morgan fingerprint density at radius 1 is 1.47 bits per heavy atom. The molecule has 1 aliphatic rings. The van der Waals surface area contributed by atoms with E-state index >= 15 is 0 Å². The first kappa shape index (κ1) is 13.1. The van der Waals surface area contributed by atoms with Gasteiger partial charge in [-0.3, -0.25) is 4.79 Å². The first-order valence-electron chi connectivity index (χ1n) is 5.98. The van der Waals surface area contributed by atoms with Gasteiger partial charge in [-0.2, -0.15) is 0 Å². The Morgan fingerprint density at radius 2 is 2.24 bits per heavy atom. The van der Waals surface area contributed by atoms with E-state index in [4.69, 9.17) is 0 Å². The number of carbonyl (C=O) groups is 1. The van der Waals surface area contributed by atoms with Crippen LogP contribution in [0.15, 0.2) is 15.9 Å². The highest BCUT2D eigenvalue weighted by molar-refractivity contribution is 9.11. The predicted molar refractivity (Wildman–Crippen MR) is 74.3 cm³/mol. The average molecular weight is 317 g/mol. The summed E-state index contributed by atoms with van der Waals surface area (Å²) in [5, 5.41) is 6.31. The van der Waals surface area contributed by atoms with Crippen molar-refractivity contribution in [2.75, 3.05) is 19.6 Å². The molecule has 2 rings (SSSR count). The van der Waals surface area contributed by atoms with Crippen LogP contribution in [-0.4, -0.2) is 25.5 Å². The van der Waals surface area contributed by atoms with Crippen molar-refractivity contribution in [3.05, 3.63) is 20.8 Å². The van der Waals surface area contributed by atoms with Gasteiger partial charge in [-0.15, -0.1) is 11.3 Å². The molecule has 94 valence electrons. The zero-order chi connectivity index (χ0) is 12.1. The van der Waals surface area contributed by atoms with Crippen LogP contribution >= 0.6 is 27.3 Å². The zero-order valence-electron chi connectivity index (χ0n) is 9.67. The second kappa shape index (κ2) is 6.52. The number of rotatable bonds is 4. The van der Waals surface area contributed by atoms with E-state index in [1.807, 2.05) is 0 Å². The first-order valence-corrected chi connectivity index (χ1v) is 7.59. The predicted octanol–water partition coefficient (Wildman–Crippen LogP) is 2.17. The summed E-state index contributed by atoms with van der Waals surface area (Å²) in [5.41, 5.74) is 0. The van der Waals surface area contributed by atoms with Crippen molar-refractivity contribution in [3.63, 3.8) is 0 Å². The molecule has 5 heteroatoms. The number of hydrogen-bond acceptors (Lipinski definition) is 3. The Morgan fingerprint density at radius 3 is 2.88 bits per heavy atom. The van der Waals surface area contributed by atoms with Gasteiger partial charge in [0, 0.05) is 17.3 Å². The molecule has 1 amide bonds. The molecule has 0 saturated carbocycles. The molecule has 1 aromatic rings. The van der Waals surface area contributed by atoms with Crippen LogP contribution in [0.2, 0.25) is 0 Å². The van der Waals surface area contributed by atoms with Crippen LogP contribution in [-0.2, 0) is 11.2 Å². The molecule has 3 nitrogen and oxygen atoms in total. The van der Waals surface area contributed by atoms with Gasteiger partial charge in [0.05, 0.1) is 3.79 Å². The molecule has 17 heavy (non-hydrogen) atoms. The van der Waals surface area contributed by atoms with E-state index in [0.29, 0.717) is 0 Å². The van der Waals surface area contributed by atoms with Crippen LogP contribution < -0.4 is 10.6 Å². The van der Waals surface area contributed by atoms with Crippen molar-refractivity contribution in [3.8, 4) is 0 Å². The van der Waals surface area contributed by atoms with E-state index in [1.54, 1.807) is 11.3 Å². The Kier molecular flexibility index (Phi) is 5.00. The summed E-state index contributed by atoms with van der Waals surface area (Å²) in [7, 11) is 0. The Hall–Kier alpha value is -0.390. The van der Waals surface area contributed by atoms with Gasteiger partial charge in [0.1, 0.15) is 0 Å². The first-order chi connectivity index (χ1) is 8.25. The summed E-state index contributed by atoms with van der Waals surface area (Å²) in [6.07, 6.45) is 2.86. The highest BCUT2D eigenvalue weighted by Gasteiger charge is 2.20. The molecule has 2 heterocycles. The molecular formula is C12H17BrN2OS. The fourth-order valence-corrected chi connectivity index (χ4v) is 3.51. The van der Waals surface area contributed by atoms with Gasteiger partial charge in [0.25, 0.3) is 0 Å². The monoisotopic (exact) mass is 316 g/mol. The third-order valence-electron chi connectivity index (χ3n) is 3.01. The van der Waals surface area contributed by atoms with Gasteiger partial charge in [0.2, 0.25) is 5.91 Å². The fraction of sp³-hybridized carbons (Fsp3) is 0.583. The van der Waals surface area contributed by atoms with Gasteiger partial charge in [-0.25, -0.2) is 0 Å². The molecular weight excluding hydrogens is 300 g/mol. The maximum Gasteiger partial charge on any atom is 0.223 e. The minimum atomic E-state index is 0.214. The minimum absolute atomic E-state index is 0.214. The molecule has 0 atom stereocenters. The number of nitrogens with one attached hydrogen (secondary N) is 2. The van der Waals surface area contributed by atoms with Crippen molar-refractivity contribution in [2.24, 2.45) is 5.92 Å². The maximum atomic E-state index is 11.8. The largest absolute Gasteiger partial charge is 0.355 e. The van der Waals surface area contributed by atoms with Crippen LogP contribution in [0.4, 0.5) is 0 Å². The van der Waals surface area contributed by atoms with E-state index in [9.17, 15) is 4.79 Å². The van der Waals surface area contributed by atoms with E-state index in [-0.39, 0.29) is 11.8 Å². The zero-order valence-corrected chi connectivity index (χ0v) is 12.1. The number of amides is 1. The van der Waals surface area contributed by atoms with Crippen molar-refractivity contribution in [1.82, 2.24) is 10.6 Å². The summed E-state index contributed by atoms with van der Waals surface area (Å²) in [4.78, 5) is 13.2. The van der Waals surface area contributed by atoms with E-state index in [2.05, 4.69) is 38.7 Å². The molecule has 0 bridgehead atoms. The van der Waals surface area contributed by atoms with Crippen LogP contribution in [0.1, 0.15) is 17.7 Å². The number of thiophene rings is 1. The lowest BCUT2D eigenvalue weighted by Gasteiger charge is -2.21. The molecule has 0 aromatic carbocycles. The number of hydrogen-bond donors (Lipinski definition) is 2. The molecule has 0 spiro atoms. The summed E-state index contributed by atoms with van der Waals surface area (Å²) in [6, 6.07) is 4.15. The van der Waals surface area contributed by atoms with Gasteiger partial charge in [-0.1, -0.05) is 0 Å². The summed E-state index contributed by atoms with van der Waals surface area (Å²) < 4.78 is 1.15. The Labute approximate surface area is 114 Å². The van der Waals surface area contributed by atoms with Crippen molar-refractivity contribution >= 4 is 33.2 Å². The lowest BCUT2D eigenvalue weighted by molar-refractivity contribution is -0.125. The maximum absolute atomic E-state index is 11.8. The van der Waals surface area contributed by atoms with Gasteiger partial charge < -0.3 is 10.6 Å². The van der Waals surface area contributed by atoms with Crippen LogP contribution in [0.3, 0.4) is 0 Å². The number of carbonyl (C=O) groups excluding carboxylic acids is 1. The Balaban J connectivity index is 1.69. The third kappa shape index (κ3) is 4.08. The fourth-order valence-electron chi connectivity index (χ4n) is 2.02. The van der Waals surface area contributed by atoms with E-state index in [0.717, 1.165) is 42.7 Å². The number of piperidine rings is 1. The standard InChI is InChI=1S/C12H17BrN2OS/c13-11-2-1-10(17-11)5-8-15-12(16)9-3-6-14-7-4-9/h1-2,9,14H,3-8H2,(H,15,16). The average Bonchev–Trinajstić information content (AvgIpc) is 2.76. The quantitative estimate of drug-likeness (QED) is 0.894. The lowest BCUT2D eigenvalue weighted by Crippen LogP contribution is -2.38.